The monoisotopic (exact) mass is 525 g/mol. The molecule has 1 amide bonds. The number of hydrogen-bond acceptors (Lipinski definition) is 5. The summed E-state index contributed by atoms with van der Waals surface area (Å²) in [5.41, 5.74) is 4.19. The van der Waals surface area contributed by atoms with E-state index in [0.717, 1.165) is 45.0 Å². The molecule has 2 aliphatic heterocycles. The summed E-state index contributed by atoms with van der Waals surface area (Å²) in [6.07, 6.45) is -2.82. The Bertz CT molecular complexity index is 1320. The third-order valence-electron chi connectivity index (χ3n) is 5.84. The molecule has 2 N–H and O–H groups in total. The fourth-order valence-corrected chi connectivity index (χ4v) is 4.87. The number of aromatic nitrogens is 1. The van der Waals surface area contributed by atoms with Crippen molar-refractivity contribution in [2.45, 2.75) is 36.2 Å². The topological polar surface area (TPSA) is 74.6 Å². The highest BCUT2D eigenvalue weighted by Crippen LogP contribution is 2.34. The van der Waals surface area contributed by atoms with Crippen molar-refractivity contribution in [1.82, 2.24) is 9.58 Å². The van der Waals surface area contributed by atoms with E-state index in [1.165, 1.54) is 18.3 Å². The van der Waals surface area contributed by atoms with E-state index in [1.54, 1.807) is 30.0 Å². The second-order valence-corrected chi connectivity index (χ2v) is 9.20. The van der Waals surface area contributed by atoms with E-state index in [9.17, 15) is 36.6 Å². The number of carbonyl (C=O) groups excluding carboxylic acids is 1. The average molecular weight is 525 g/mol. The van der Waals surface area contributed by atoms with Gasteiger partial charge in [0.05, 0.1) is 0 Å². The number of pyridine rings is 1. The molecule has 0 saturated carbocycles. The molecule has 0 spiro atoms. The molecule has 190 valence electrons. The molecule has 3 aromatic rings. The van der Waals surface area contributed by atoms with Gasteiger partial charge in [0.25, 0.3) is 5.91 Å². The lowest BCUT2D eigenvalue weighted by Gasteiger charge is -2.35. The number of fused-ring (bicyclic) bond motifs is 3. The normalized spacial score (nSPS) is 15.4. The largest absolute Gasteiger partial charge is 0.502 e. The second-order valence-electron chi connectivity index (χ2n) is 8.19. The molecule has 5 rings (SSSR count). The summed E-state index contributed by atoms with van der Waals surface area (Å²) >= 11 is 1.68. The summed E-state index contributed by atoms with van der Waals surface area (Å²) in [6, 6.07) is 8.65. The van der Waals surface area contributed by atoms with Gasteiger partial charge < -0.3 is 15.4 Å². The van der Waals surface area contributed by atoms with Crippen LogP contribution in [0.5, 0.6) is 5.75 Å². The zero-order valence-corrected chi connectivity index (χ0v) is 19.6. The number of thioether (sulfide) groups is 1. The number of alkyl halides is 3. The first-order chi connectivity index (χ1) is 17.0. The highest BCUT2D eigenvalue weighted by atomic mass is 32.2. The maximum absolute atomic E-state index is 13.2. The number of nitrogens with zero attached hydrogens (tertiary/aromatic N) is 2. The van der Waals surface area contributed by atoms with Crippen LogP contribution in [-0.2, 0) is 12.2 Å². The summed E-state index contributed by atoms with van der Waals surface area (Å²) in [4.78, 5) is 24.8. The van der Waals surface area contributed by atoms with E-state index < -0.39 is 35.0 Å². The van der Waals surface area contributed by atoms with Gasteiger partial charge in [0.1, 0.15) is 24.3 Å². The van der Waals surface area contributed by atoms with Crippen molar-refractivity contribution in [2.24, 2.45) is 0 Å². The van der Waals surface area contributed by atoms with Crippen molar-refractivity contribution >= 4 is 17.7 Å². The van der Waals surface area contributed by atoms with Crippen molar-refractivity contribution in [3.05, 3.63) is 92.9 Å². The highest BCUT2D eigenvalue weighted by molar-refractivity contribution is 7.98. The molecule has 12 heteroatoms. The molecule has 2 aliphatic rings. The zero-order valence-electron chi connectivity index (χ0n) is 18.8. The van der Waals surface area contributed by atoms with E-state index >= 15 is 0 Å². The van der Waals surface area contributed by atoms with Gasteiger partial charge in [0.15, 0.2) is 11.4 Å². The second kappa shape index (κ2) is 9.84. The zero-order chi connectivity index (χ0) is 26.2. The van der Waals surface area contributed by atoms with Crippen LogP contribution < -0.4 is 10.9 Å². The number of carbonyl (C=O) groups is 1. The van der Waals surface area contributed by atoms with Gasteiger partial charge >= 0.3 is 6.18 Å². The van der Waals surface area contributed by atoms with Crippen LogP contribution in [0.4, 0.5) is 22.0 Å². The van der Waals surface area contributed by atoms with Crippen molar-refractivity contribution in [1.29, 1.82) is 0 Å². The number of aromatic hydroxyl groups is 1. The van der Waals surface area contributed by atoms with Crippen molar-refractivity contribution in [2.75, 3.05) is 12.1 Å². The molecular weight excluding hydrogens is 505 g/mol. The lowest BCUT2D eigenvalue weighted by Crippen LogP contribution is -2.54. The van der Waals surface area contributed by atoms with Crippen molar-refractivity contribution < 1.29 is 31.9 Å². The summed E-state index contributed by atoms with van der Waals surface area (Å²) in [7, 11) is 0. The van der Waals surface area contributed by atoms with E-state index in [0.29, 0.717) is 11.3 Å². The highest BCUT2D eigenvalue weighted by Gasteiger charge is 2.44. The number of benzene rings is 2. The third kappa shape index (κ3) is 5.18. The number of nitrogens with one attached hydrogen (secondary N) is 1. The van der Waals surface area contributed by atoms with Crippen LogP contribution in [0.2, 0.25) is 0 Å². The Morgan fingerprint density at radius 3 is 2.36 bits per heavy atom. The van der Waals surface area contributed by atoms with Crippen LogP contribution in [0.1, 0.15) is 34.1 Å². The Morgan fingerprint density at radius 1 is 1.00 bits per heavy atom. The maximum atomic E-state index is 13.2. The minimum Gasteiger partial charge on any atom is -0.502 e. The van der Waals surface area contributed by atoms with Crippen molar-refractivity contribution in [3.8, 4) is 5.75 Å². The number of hydrogen-bond donors (Lipinski definition) is 2. The SMILES string of the molecule is C[C@H](N1CNn2ccc(=O)c(O)c2C1=O)C(F)(F)F.Fc1ccc2c(c1)Cc1cc(F)ccc1SC2. The molecule has 1 atom stereocenters. The lowest BCUT2D eigenvalue weighted by molar-refractivity contribution is -0.172. The van der Waals surface area contributed by atoms with Gasteiger partial charge in [-0.25, -0.2) is 8.78 Å². The van der Waals surface area contributed by atoms with Gasteiger partial charge in [-0.05, 0) is 60.4 Å². The molecule has 6 nitrogen and oxygen atoms in total. The van der Waals surface area contributed by atoms with Crippen LogP contribution >= 0.6 is 11.8 Å². The van der Waals surface area contributed by atoms with Crippen LogP contribution in [0.15, 0.2) is 58.4 Å². The van der Waals surface area contributed by atoms with Gasteiger partial charge in [0.2, 0.25) is 5.43 Å². The first-order valence-electron chi connectivity index (χ1n) is 10.7. The Labute approximate surface area is 206 Å². The molecule has 0 bridgehead atoms. The van der Waals surface area contributed by atoms with Gasteiger partial charge in [-0.1, -0.05) is 6.07 Å². The number of amides is 1. The minimum absolute atomic E-state index is 0.228. The quantitative estimate of drug-likeness (QED) is 0.454. The summed E-state index contributed by atoms with van der Waals surface area (Å²) in [5, 5.41) is 9.51. The predicted molar refractivity (Wildman–Crippen MR) is 123 cm³/mol. The Balaban J connectivity index is 0.000000170. The molecule has 1 aromatic heterocycles. The summed E-state index contributed by atoms with van der Waals surface area (Å²) < 4.78 is 65.3. The molecular formula is C24H20F5N3O3S. The third-order valence-corrected chi connectivity index (χ3v) is 7.01. The molecule has 0 aliphatic carbocycles. The van der Waals surface area contributed by atoms with Crippen molar-refractivity contribution in [3.63, 3.8) is 0 Å². The molecule has 0 fully saturated rings. The van der Waals surface area contributed by atoms with Gasteiger partial charge in [-0.3, -0.25) is 14.3 Å². The van der Waals surface area contributed by atoms with E-state index in [4.69, 9.17) is 0 Å². The molecule has 2 aromatic carbocycles. The van der Waals surface area contributed by atoms with Gasteiger partial charge in [-0.2, -0.15) is 13.2 Å². The minimum atomic E-state index is -4.59. The van der Waals surface area contributed by atoms with Crippen LogP contribution in [0.25, 0.3) is 0 Å². The molecule has 3 heterocycles. The molecule has 36 heavy (non-hydrogen) atoms. The molecule has 0 unspecified atom stereocenters. The summed E-state index contributed by atoms with van der Waals surface area (Å²) in [5.74, 6) is -1.58. The molecule has 0 radical (unpaired) electrons. The van der Waals surface area contributed by atoms with E-state index in [1.807, 2.05) is 6.07 Å². The van der Waals surface area contributed by atoms with Gasteiger partial charge in [-0.15, -0.1) is 11.8 Å². The first kappa shape index (κ1) is 25.5. The van der Waals surface area contributed by atoms with E-state index in [-0.39, 0.29) is 18.3 Å². The summed E-state index contributed by atoms with van der Waals surface area (Å²) in [6.45, 7) is 0.447. The smallest absolute Gasteiger partial charge is 0.408 e. The predicted octanol–water partition coefficient (Wildman–Crippen LogP) is 4.62. The Morgan fingerprint density at radius 2 is 1.67 bits per heavy atom. The first-order valence-corrected chi connectivity index (χ1v) is 11.7. The fraction of sp³-hybridized carbons (Fsp3) is 0.250. The number of halogens is 5. The van der Waals surface area contributed by atoms with Crippen LogP contribution in [0.3, 0.4) is 0 Å². The standard InChI is InChI=1S/C14H10F2S.C10H10F3N3O3/c15-12-2-1-9-8-17-14-4-3-13(16)7-11(14)5-10(9)6-12;1-5(10(11,12)13)15-4-14-16-3-2-6(17)8(18)7(16)9(15)19/h1-4,6-7H,5,8H2;2-3,5,14,18H,4H2,1H3/t;5-/m.0/s1. The van der Waals surface area contributed by atoms with Crippen LogP contribution in [0, 0.1) is 11.6 Å². The Kier molecular flexibility index (Phi) is 6.98. The lowest BCUT2D eigenvalue weighted by atomic mass is 10.0. The van der Waals surface area contributed by atoms with Crippen LogP contribution in [-0.4, -0.2) is 39.5 Å². The fourth-order valence-electron chi connectivity index (χ4n) is 3.80. The average Bonchev–Trinajstić information content (AvgIpc) is 2.99. The Hall–Kier alpha value is -3.54. The van der Waals surface area contributed by atoms with Gasteiger partial charge in [0, 0.05) is 22.9 Å². The number of rotatable bonds is 1. The molecule has 0 saturated heterocycles. The maximum Gasteiger partial charge on any atom is 0.408 e. The van der Waals surface area contributed by atoms with E-state index in [2.05, 4.69) is 5.43 Å².